The SMILES string of the molecule is Cn1c(C(F)(F)F)cc(=O)n(-c2ccc(Cl)c(CBr)c2F)c1=O. The lowest BCUT2D eigenvalue weighted by molar-refractivity contribution is -0.144. The van der Waals surface area contributed by atoms with E-state index in [2.05, 4.69) is 15.9 Å². The van der Waals surface area contributed by atoms with Crippen LogP contribution in [0, 0.1) is 5.82 Å². The van der Waals surface area contributed by atoms with Gasteiger partial charge in [-0.05, 0) is 12.1 Å². The Kier molecular flexibility index (Phi) is 4.72. The quantitative estimate of drug-likeness (QED) is 0.558. The molecule has 0 bridgehead atoms. The van der Waals surface area contributed by atoms with Crippen LogP contribution >= 0.6 is 27.5 Å². The molecule has 2 rings (SSSR count). The van der Waals surface area contributed by atoms with Crippen LogP contribution in [0.15, 0.2) is 27.8 Å². The first-order valence-corrected chi connectivity index (χ1v) is 7.53. The highest BCUT2D eigenvalue weighted by molar-refractivity contribution is 9.08. The van der Waals surface area contributed by atoms with Crippen molar-refractivity contribution in [3.05, 3.63) is 61.1 Å². The number of hydrogen-bond acceptors (Lipinski definition) is 2. The van der Waals surface area contributed by atoms with E-state index in [1.54, 1.807) is 0 Å². The summed E-state index contributed by atoms with van der Waals surface area (Å²) in [5, 5.41) is 0.0567. The maximum Gasteiger partial charge on any atom is 0.431 e. The van der Waals surface area contributed by atoms with Crippen LogP contribution in [-0.4, -0.2) is 9.13 Å². The molecule has 0 aliphatic heterocycles. The zero-order valence-electron chi connectivity index (χ0n) is 11.4. The molecule has 0 unspecified atom stereocenters. The van der Waals surface area contributed by atoms with Crippen LogP contribution in [0.5, 0.6) is 0 Å². The minimum Gasteiger partial charge on any atom is -0.292 e. The van der Waals surface area contributed by atoms with Gasteiger partial charge in [0, 0.05) is 29.0 Å². The third-order valence-corrected chi connectivity index (χ3v) is 4.07. The largest absolute Gasteiger partial charge is 0.431 e. The smallest absolute Gasteiger partial charge is 0.292 e. The molecule has 2 aromatic rings. The minimum atomic E-state index is -4.88. The number of halogens is 6. The van der Waals surface area contributed by atoms with Gasteiger partial charge in [0.05, 0.1) is 5.69 Å². The fraction of sp³-hybridized carbons (Fsp3) is 0.231. The number of hydrogen-bond donors (Lipinski definition) is 0. The van der Waals surface area contributed by atoms with Gasteiger partial charge in [0.15, 0.2) is 5.82 Å². The van der Waals surface area contributed by atoms with Crippen molar-refractivity contribution in [1.82, 2.24) is 9.13 Å². The summed E-state index contributed by atoms with van der Waals surface area (Å²) in [7, 11) is 0.848. The molecule has 0 radical (unpaired) electrons. The van der Waals surface area contributed by atoms with Crippen LogP contribution in [0.25, 0.3) is 5.69 Å². The molecule has 1 heterocycles. The third-order valence-electron chi connectivity index (χ3n) is 3.15. The van der Waals surface area contributed by atoms with Crippen molar-refractivity contribution >= 4 is 27.5 Å². The zero-order valence-corrected chi connectivity index (χ0v) is 13.8. The monoisotopic (exact) mass is 414 g/mol. The van der Waals surface area contributed by atoms with Gasteiger partial charge in [0.25, 0.3) is 5.56 Å². The molecule has 0 amide bonds. The Bertz CT molecular complexity index is 889. The summed E-state index contributed by atoms with van der Waals surface area (Å²) in [6.45, 7) is 0. The van der Waals surface area contributed by atoms with E-state index in [0.29, 0.717) is 4.57 Å². The van der Waals surface area contributed by atoms with Crippen LogP contribution in [0.2, 0.25) is 5.02 Å². The van der Waals surface area contributed by atoms with E-state index in [-0.39, 0.29) is 26.5 Å². The fourth-order valence-corrected chi connectivity index (χ4v) is 2.92. The second-order valence-electron chi connectivity index (χ2n) is 4.54. The van der Waals surface area contributed by atoms with E-state index in [1.807, 2.05) is 0 Å². The Morgan fingerprint density at radius 1 is 1.26 bits per heavy atom. The molecule has 124 valence electrons. The first-order valence-electron chi connectivity index (χ1n) is 6.03. The Hall–Kier alpha value is -1.61. The van der Waals surface area contributed by atoms with Crippen molar-refractivity contribution < 1.29 is 17.6 Å². The van der Waals surface area contributed by atoms with Gasteiger partial charge >= 0.3 is 11.9 Å². The van der Waals surface area contributed by atoms with E-state index in [1.165, 1.54) is 6.07 Å². The van der Waals surface area contributed by atoms with Crippen molar-refractivity contribution in [2.75, 3.05) is 0 Å². The van der Waals surface area contributed by atoms with Crippen molar-refractivity contribution in [3.8, 4) is 5.69 Å². The number of aromatic nitrogens is 2. The van der Waals surface area contributed by atoms with Crippen LogP contribution < -0.4 is 11.2 Å². The molecule has 0 N–H and O–H groups in total. The molecule has 0 saturated heterocycles. The normalized spacial score (nSPS) is 11.8. The lowest BCUT2D eigenvalue weighted by Crippen LogP contribution is -2.41. The summed E-state index contributed by atoms with van der Waals surface area (Å²) in [6.07, 6.45) is -4.88. The van der Waals surface area contributed by atoms with Crippen molar-refractivity contribution in [3.63, 3.8) is 0 Å². The summed E-state index contributed by atoms with van der Waals surface area (Å²) in [5.74, 6) is -0.965. The Labute approximate surface area is 140 Å². The van der Waals surface area contributed by atoms with Gasteiger partial charge in [-0.15, -0.1) is 0 Å². The zero-order chi connectivity index (χ0) is 17.5. The predicted molar refractivity (Wildman–Crippen MR) is 79.9 cm³/mol. The van der Waals surface area contributed by atoms with Crippen molar-refractivity contribution in [1.29, 1.82) is 0 Å². The molecule has 10 heteroatoms. The first-order chi connectivity index (χ1) is 10.6. The average molecular weight is 416 g/mol. The molecule has 0 atom stereocenters. The Morgan fingerprint density at radius 2 is 1.87 bits per heavy atom. The lowest BCUT2D eigenvalue weighted by atomic mass is 10.2. The maximum atomic E-state index is 14.4. The predicted octanol–water partition coefficient (Wildman–Crippen LogP) is 3.24. The Morgan fingerprint density at radius 3 is 2.39 bits per heavy atom. The maximum absolute atomic E-state index is 14.4. The molecule has 1 aromatic carbocycles. The van der Waals surface area contributed by atoms with Crippen LogP contribution in [0.1, 0.15) is 11.3 Å². The third kappa shape index (κ3) is 3.07. The van der Waals surface area contributed by atoms with Crippen LogP contribution in [-0.2, 0) is 18.6 Å². The molecule has 23 heavy (non-hydrogen) atoms. The van der Waals surface area contributed by atoms with Gasteiger partial charge < -0.3 is 0 Å². The first kappa shape index (κ1) is 17.7. The molecule has 0 saturated carbocycles. The van der Waals surface area contributed by atoms with Gasteiger partial charge in [-0.25, -0.2) is 13.8 Å². The van der Waals surface area contributed by atoms with Gasteiger partial charge in [-0.1, -0.05) is 27.5 Å². The van der Waals surface area contributed by atoms with E-state index in [4.69, 9.17) is 11.6 Å². The summed E-state index contributed by atoms with van der Waals surface area (Å²) < 4.78 is 53.3. The fourth-order valence-electron chi connectivity index (χ4n) is 2.00. The molecule has 4 nitrogen and oxygen atoms in total. The van der Waals surface area contributed by atoms with Gasteiger partial charge in [0.2, 0.25) is 0 Å². The summed E-state index contributed by atoms with van der Waals surface area (Å²) in [5.41, 5.74) is -4.51. The van der Waals surface area contributed by atoms with Gasteiger partial charge in [-0.2, -0.15) is 13.2 Å². The topological polar surface area (TPSA) is 44.0 Å². The van der Waals surface area contributed by atoms with E-state index in [9.17, 15) is 27.2 Å². The van der Waals surface area contributed by atoms with Crippen LogP contribution in [0.3, 0.4) is 0 Å². The molecule has 0 fully saturated rings. The number of benzene rings is 1. The number of rotatable bonds is 2. The highest BCUT2D eigenvalue weighted by atomic mass is 79.9. The standard InChI is InChI=1S/C13H8BrClF4N2O2/c1-20-9(13(17,18)19)4-10(22)21(12(20)23)8-3-2-7(15)6(5-14)11(8)16/h2-4H,5H2,1H3. The van der Waals surface area contributed by atoms with Crippen molar-refractivity contribution in [2.24, 2.45) is 7.05 Å². The highest BCUT2D eigenvalue weighted by Crippen LogP contribution is 2.28. The van der Waals surface area contributed by atoms with Crippen LogP contribution in [0.4, 0.5) is 17.6 Å². The molecular formula is C13H8BrClF4N2O2. The van der Waals surface area contributed by atoms with E-state index in [0.717, 1.165) is 13.1 Å². The Balaban J connectivity index is 2.85. The second-order valence-corrected chi connectivity index (χ2v) is 5.50. The molecule has 0 aliphatic carbocycles. The summed E-state index contributed by atoms with van der Waals surface area (Å²) in [4.78, 5) is 24.0. The van der Waals surface area contributed by atoms with Gasteiger partial charge in [0.1, 0.15) is 5.69 Å². The molecule has 0 aliphatic rings. The van der Waals surface area contributed by atoms with E-state index >= 15 is 0 Å². The lowest BCUT2D eigenvalue weighted by Gasteiger charge is -2.15. The summed E-state index contributed by atoms with van der Waals surface area (Å²) >= 11 is 8.81. The minimum absolute atomic E-state index is 0.00120. The number of alkyl halides is 4. The molecular weight excluding hydrogens is 408 g/mol. The highest BCUT2D eigenvalue weighted by Gasteiger charge is 2.35. The summed E-state index contributed by atoms with van der Waals surface area (Å²) in [6, 6.07) is 2.54. The van der Waals surface area contributed by atoms with Gasteiger partial charge in [-0.3, -0.25) is 9.36 Å². The second kappa shape index (κ2) is 6.12. The average Bonchev–Trinajstić information content (AvgIpc) is 2.44. The van der Waals surface area contributed by atoms with E-state index < -0.39 is 34.6 Å². The van der Waals surface area contributed by atoms with Crippen molar-refractivity contribution in [2.45, 2.75) is 11.5 Å². The molecule has 0 spiro atoms. The number of nitrogens with zero attached hydrogens (tertiary/aromatic N) is 2. The molecule has 1 aromatic heterocycles.